The van der Waals surface area contributed by atoms with Crippen LogP contribution >= 0.6 is 23.1 Å². The van der Waals surface area contributed by atoms with Crippen LogP contribution in [0.5, 0.6) is 17.2 Å². The molecule has 1 fully saturated rings. The Bertz CT molecular complexity index is 1690. The average Bonchev–Trinajstić information content (AvgIpc) is 3.64. The van der Waals surface area contributed by atoms with Gasteiger partial charge in [-0.25, -0.2) is 0 Å². The molecule has 0 bridgehead atoms. The largest absolute Gasteiger partial charge is 0.507 e. The molecule has 1 aliphatic rings. The van der Waals surface area contributed by atoms with Gasteiger partial charge in [0.15, 0.2) is 15.8 Å². The van der Waals surface area contributed by atoms with Gasteiger partial charge in [-0.05, 0) is 53.9 Å². The average molecular weight is 644 g/mol. The third kappa shape index (κ3) is 7.21. The summed E-state index contributed by atoms with van der Waals surface area (Å²) in [6, 6.07) is 20.8. The number of aliphatic hydroxyl groups is 1. The van der Waals surface area contributed by atoms with Gasteiger partial charge in [-0.2, -0.15) is 0 Å². The van der Waals surface area contributed by atoms with Crippen LogP contribution in [0.15, 0.2) is 95.4 Å². The number of nitrogens with zero attached hydrogens (tertiary/aromatic N) is 3. The molecule has 2 heterocycles. The number of thioether (sulfide) groups is 1. The highest BCUT2D eigenvalue weighted by molar-refractivity contribution is 8.00. The molecule has 232 valence electrons. The predicted octanol–water partition coefficient (Wildman–Crippen LogP) is 7.21. The Hall–Kier alpha value is -4.61. The molecule has 5 rings (SSSR count). The Balaban J connectivity index is 1.54. The first-order chi connectivity index (χ1) is 21.9. The van der Waals surface area contributed by atoms with Crippen molar-refractivity contribution in [1.29, 1.82) is 0 Å². The van der Waals surface area contributed by atoms with Gasteiger partial charge in [0.05, 0.1) is 25.3 Å². The summed E-state index contributed by atoms with van der Waals surface area (Å²) >= 11 is 2.69. The van der Waals surface area contributed by atoms with Crippen molar-refractivity contribution in [2.24, 2.45) is 0 Å². The van der Waals surface area contributed by atoms with E-state index >= 15 is 0 Å². The van der Waals surface area contributed by atoms with Crippen molar-refractivity contribution in [1.82, 2.24) is 10.2 Å². The molecule has 1 aromatic heterocycles. The van der Waals surface area contributed by atoms with E-state index < -0.39 is 17.7 Å². The smallest absolute Gasteiger partial charge is 0.301 e. The minimum Gasteiger partial charge on any atom is -0.507 e. The van der Waals surface area contributed by atoms with Gasteiger partial charge >= 0.3 is 5.91 Å². The van der Waals surface area contributed by atoms with Crippen LogP contribution in [0, 0.1) is 0 Å². The molecule has 1 aliphatic heterocycles. The number of amides is 1. The maximum Gasteiger partial charge on any atom is 0.301 e. The lowest BCUT2D eigenvalue weighted by Crippen LogP contribution is -2.29. The number of hydrogen-bond donors (Lipinski definition) is 1. The van der Waals surface area contributed by atoms with Gasteiger partial charge in [-0.3, -0.25) is 14.5 Å². The molecule has 1 amide bonds. The van der Waals surface area contributed by atoms with Crippen molar-refractivity contribution < 1.29 is 28.9 Å². The Labute approximate surface area is 270 Å². The standard InChI is InChI=1S/C34H33N3O6S2/c1-4-6-19-42-25-15-12-23(13-16-25)30(38)28-29(24-14-17-26(43-18-5-2)27(20-24)41-3)37(32(40)31(28)39)33-35-36-34(45-33)44-21-22-10-8-7-9-11-22/h5,7-17,20,29,38H,2,4,6,18-19,21H2,1,3H3. The molecule has 0 saturated carbocycles. The van der Waals surface area contributed by atoms with Gasteiger partial charge in [0, 0.05) is 11.3 Å². The highest BCUT2D eigenvalue weighted by Gasteiger charge is 2.48. The van der Waals surface area contributed by atoms with Gasteiger partial charge in [0.2, 0.25) is 5.13 Å². The van der Waals surface area contributed by atoms with Crippen LogP contribution in [0.4, 0.5) is 5.13 Å². The number of aliphatic hydroxyl groups excluding tert-OH is 1. The molecule has 0 aliphatic carbocycles. The molecule has 0 radical (unpaired) electrons. The molecule has 45 heavy (non-hydrogen) atoms. The normalized spacial score (nSPS) is 15.7. The van der Waals surface area contributed by atoms with Crippen molar-refractivity contribution >= 4 is 45.7 Å². The maximum absolute atomic E-state index is 13.7. The number of anilines is 1. The van der Waals surface area contributed by atoms with E-state index in [9.17, 15) is 14.7 Å². The number of unbranched alkanes of at least 4 members (excludes halogenated alkanes) is 1. The number of ether oxygens (including phenoxy) is 3. The Morgan fingerprint density at radius 1 is 1.04 bits per heavy atom. The summed E-state index contributed by atoms with van der Waals surface area (Å²) in [7, 11) is 1.50. The summed E-state index contributed by atoms with van der Waals surface area (Å²) in [5.41, 5.74) is 1.93. The van der Waals surface area contributed by atoms with Crippen LogP contribution in [0.3, 0.4) is 0 Å². The first-order valence-electron chi connectivity index (χ1n) is 14.4. The molecule has 4 aromatic rings. The van der Waals surface area contributed by atoms with Crippen molar-refractivity contribution in [2.75, 3.05) is 25.2 Å². The van der Waals surface area contributed by atoms with Crippen LogP contribution in [0.2, 0.25) is 0 Å². The second kappa shape index (κ2) is 14.9. The molecular weight excluding hydrogens is 611 g/mol. The van der Waals surface area contributed by atoms with E-state index in [4.69, 9.17) is 14.2 Å². The van der Waals surface area contributed by atoms with Crippen molar-refractivity contribution in [3.05, 3.63) is 108 Å². The van der Waals surface area contributed by atoms with Crippen molar-refractivity contribution in [3.8, 4) is 17.2 Å². The third-order valence-electron chi connectivity index (χ3n) is 7.01. The lowest BCUT2D eigenvalue weighted by Gasteiger charge is -2.23. The fourth-order valence-electron chi connectivity index (χ4n) is 4.74. The molecule has 11 heteroatoms. The summed E-state index contributed by atoms with van der Waals surface area (Å²) in [6.45, 7) is 6.61. The zero-order chi connectivity index (χ0) is 31.8. The van der Waals surface area contributed by atoms with Gasteiger partial charge in [-0.1, -0.05) is 85.5 Å². The fraction of sp³-hybridized carbons (Fsp3) is 0.235. The Kier molecular flexibility index (Phi) is 10.5. The highest BCUT2D eigenvalue weighted by Crippen LogP contribution is 2.45. The van der Waals surface area contributed by atoms with Crippen LogP contribution in [0.1, 0.15) is 42.5 Å². The molecule has 1 saturated heterocycles. The maximum atomic E-state index is 13.7. The van der Waals surface area contributed by atoms with E-state index in [0.29, 0.717) is 45.1 Å². The molecule has 1 atom stereocenters. The third-order valence-corrected chi connectivity index (χ3v) is 9.13. The van der Waals surface area contributed by atoms with E-state index in [1.165, 1.54) is 35.1 Å². The second-order valence-electron chi connectivity index (χ2n) is 10.0. The van der Waals surface area contributed by atoms with Crippen LogP contribution in [-0.4, -0.2) is 47.3 Å². The van der Waals surface area contributed by atoms with E-state index in [-0.39, 0.29) is 23.1 Å². The molecular formula is C34H33N3O6S2. The summed E-state index contributed by atoms with van der Waals surface area (Å²) in [5.74, 6) is 0.209. The number of carbonyl (C=O) groups is 2. The number of carbonyl (C=O) groups excluding carboxylic acids is 2. The first-order valence-corrected chi connectivity index (χ1v) is 16.2. The quantitative estimate of drug-likeness (QED) is 0.0290. The first kappa shape index (κ1) is 31.8. The molecule has 9 nitrogen and oxygen atoms in total. The summed E-state index contributed by atoms with van der Waals surface area (Å²) < 4.78 is 17.7. The summed E-state index contributed by atoms with van der Waals surface area (Å²) in [5, 5.41) is 20.4. The lowest BCUT2D eigenvalue weighted by molar-refractivity contribution is -0.132. The predicted molar refractivity (Wildman–Crippen MR) is 176 cm³/mol. The molecule has 3 aromatic carbocycles. The number of aromatic nitrogens is 2. The zero-order valence-corrected chi connectivity index (χ0v) is 26.6. The van der Waals surface area contributed by atoms with Gasteiger partial charge < -0.3 is 19.3 Å². The summed E-state index contributed by atoms with van der Waals surface area (Å²) in [6.07, 6.45) is 3.54. The van der Waals surface area contributed by atoms with Crippen LogP contribution in [-0.2, 0) is 15.3 Å². The number of rotatable bonds is 14. The Morgan fingerprint density at radius 3 is 2.53 bits per heavy atom. The monoisotopic (exact) mass is 643 g/mol. The number of Topliss-reactive ketones (excluding diaryl/α,β-unsaturated/α-hetero) is 1. The minimum absolute atomic E-state index is 0.0739. The van der Waals surface area contributed by atoms with Gasteiger partial charge in [0.1, 0.15) is 18.1 Å². The zero-order valence-electron chi connectivity index (χ0n) is 25.0. The van der Waals surface area contributed by atoms with Crippen molar-refractivity contribution in [2.45, 2.75) is 35.9 Å². The van der Waals surface area contributed by atoms with E-state index in [0.717, 1.165) is 18.4 Å². The minimum atomic E-state index is -1.01. The molecule has 1 unspecified atom stereocenters. The van der Waals surface area contributed by atoms with Crippen LogP contribution < -0.4 is 19.1 Å². The molecule has 1 N–H and O–H groups in total. The topological polar surface area (TPSA) is 111 Å². The van der Waals surface area contributed by atoms with E-state index in [2.05, 4.69) is 23.7 Å². The number of hydrogen-bond acceptors (Lipinski definition) is 10. The van der Waals surface area contributed by atoms with E-state index in [1.807, 2.05) is 30.3 Å². The SMILES string of the molecule is C=CCOc1ccc(C2C(=C(O)c3ccc(OCCCC)cc3)C(=O)C(=O)N2c2nnc(SCc3ccccc3)s2)cc1OC. The van der Waals surface area contributed by atoms with E-state index in [1.54, 1.807) is 48.5 Å². The fourth-order valence-corrected chi connectivity index (χ4v) is 6.57. The number of ketones is 1. The second-order valence-corrected chi connectivity index (χ2v) is 12.2. The molecule has 0 spiro atoms. The van der Waals surface area contributed by atoms with Gasteiger partial charge in [-0.15, -0.1) is 10.2 Å². The van der Waals surface area contributed by atoms with Gasteiger partial charge in [0.25, 0.3) is 5.78 Å². The lowest BCUT2D eigenvalue weighted by atomic mass is 9.95. The van der Waals surface area contributed by atoms with Crippen molar-refractivity contribution in [3.63, 3.8) is 0 Å². The Morgan fingerprint density at radius 2 is 1.82 bits per heavy atom. The highest BCUT2D eigenvalue weighted by atomic mass is 32.2. The number of methoxy groups -OCH3 is 1. The summed E-state index contributed by atoms with van der Waals surface area (Å²) in [4.78, 5) is 28.6. The number of benzene rings is 3. The van der Waals surface area contributed by atoms with Crippen LogP contribution in [0.25, 0.3) is 5.76 Å².